The largest absolute Gasteiger partial charge is 0.508 e. The third-order valence-corrected chi connectivity index (χ3v) is 1.72. The zero-order valence-corrected chi connectivity index (χ0v) is 7.14. The molecule has 0 radical (unpaired) electrons. The lowest BCUT2D eigenvalue weighted by atomic mass is 10.0. The number of aliphatic hydroxyl groups is 1. The van der Waals surface area contributed by atoms with Crippen LogP contribution in [0.5, 0.6) is 5.75 Å². The monoisotopic (exact) mass is 192 g/mol. The zero-order chi connectivity index (χ0) is 10.7. The van der Waals surface area contributed by atoms with Crippen molar-refractivity contribution in [3.63, 3.8) is 0 Å². The van der Waals surface area contributed by atoms with Crippen LogP contribution < -0.4 is 0 Å². The molecule has 0 saturated carbocycles. The molecule has 1 aromatic carbocycles. The van der Waals surface area contributed by atoms with Gasteiger partial charge < -0.3 is 15.3 Å². The highest BCUT2D eigenvalue weighted by Crippen LogP contribution is 2.22. The van der Waals surface area contributed by atoms with E-state index in [1.807, 2.05) is 5.92 Å². The van der Waals surface area contributed by atoms with Gasteiger partial charge in [-0.1, -0.05) is 5.92 Å². The molecule has 0 aliphatic heterocycles. The van der Waals surface area contributed by atoms with Crippen molar-refractivity contribution in [2.45, 2.75) is 6.10 Å². The Morgan fingerprint density at radius 2 is 2.14 bits per heavy atom. The van der Waals surface area contributed by atoms with E-state index in [-0.39, 0.29) is 16.9 Å². The molecule has 1 atom stereocenters. The van der Waals surface area contributed by atoms with E-state index >= 15 is 0 Å². The first-order valence-electron chi connectivity index (χ1n) is 3.76. The van der Waals surface area contributed by atoms with Gasteiger partial charge in [-0.2, -0.15) is 0 Å². The second-order valence-corrected chi connectivity index (χ2v) is 2.65. The number of benzene rings is 1. The Balaban J connectivity index is 3.31. The fraction of sp³-hybridized carbons (Fsp3) is 0.100. The molecular formula is C10H8O4. The van der Waals surface area contributed by atoms with Gasteiger partial charge in [-0.25, -0.2) is 4.79 Å². The first kappa shape index (κ1) is 10.1. The topological polar surface area (TPSA) is 77.8 Å². The van der Waals surface area contributed by atoms with Gasteiger partial charge in [0.25, 0.3) is 0 Å². The SMILES string of the molecule is C#CC(O)c1cc(O)ccc1C(=O)O. The minimum Gasteiger partial charge on any atom is -0.508 e. The second-order valence-electron chi connectivity index (χ2n) is 2.65. The Kier molecular flexibility index (Phi) is 2.75. The van der Waals surface area contributed by atoms with Crippen molar-refractivity contribution in [3.8, 4) is 18.1 Å². The van der Waals surface area contributed by atoms with Gasteiger partial charge >= 0.3 is 5.97 Å². The second kappa shape index (κ2) is 3.81. The molecule has 0 aliphatic rings. The van der Waals surface area contributed by atoms with Crippen molar-refractivity contribution in [1.29, 1.82) is 0 Å². The number of rotatable bonds is 2. The van der Waals surface area contributed by atoms with Gasteiger partial charge in [0.05, 0.1) is 5.56 Å². The first-order valence-corrected chi connectivity index (χ1v) is 3.76. The molecule has 4 nitrogen and oxygen atoms in total. The molecule has 14 heavy (non-hydrogen) atoms. The van der Waals surface area contributed by atoms with Crippen LogP contribution >= 0.6 is 0 Å². The van der Waals surface area contributed by atoms with E-state index in [1.54, 1.807) is 0 Å². The Labute approximate surface area is 80.4 Å². The van der Waals surface area contributed by atoms with E-state index in [9.17, 15) is 9.90 Å². The molecule has 0 aromatic heterocycles. The summed E-state index contributed by atoms with van der Waals surface area (Å²) in [5.41, 5.74) is -0.103. The third kappa shape index (κ3) is 1.84. The molecule has 1 unspecified atom stereocenters. The highest BCUT2D eigenvalue weighted by molar-refractivity contribution is 5.90. The number of hydrogen-bond donors (Lipinski definition) is 3. The van der Waals surface area contributed by atoms with Crippen molar-refractivity contribution < 1.29 is 20.1 Å². The number of terminal acetylenes is 1. The smallest absolute Gasteiger partial charge is 0.336 e. The number of aromatic hydroxyl groups is 1. The highest BCUT2D eigenvalue weighted by Gasteiger charge is 2.15. The van der Waals surface area contributed by atoms with E-state index in [0.29, 0.717) is 0 Å². The molecule has 1 rings (SSSR count). The van der Waals surface area contributed by atoms with Gasteiger partial charge in [-0.05, 0) is 18.2 Å². The summed E-state index contributed by atoms with van der Waals surface area (Å²) in [5, 5.41) is 27.1. The van der Waals surface area contributed by atoms with Crippen LogP contribution in [0.15, 0.2) is 18.2 Å². The molecule has 0 spiro atoms. The van der Waals surface area contributed by atoms with Crippen LogP contribution in [0.4, 0.5) is 0 Å². The average Bonchev–Trinajstić information content (AvgIpc) is 2.16. The average molecular weight is 192 g/mol. The summed E-state index contributed by atoms with van der Waals surface area (Å²) in [4.78, 5) is 10.7. The van der Waals surface area contributed by atoms with Gasteiger partial charge in [-0.15, -0.1) is 6.42 Å². The van der Waals surface area contributed by atoms with Gasteiger partial charge in [0.2, 0.25) is 0 Å². The number of carboxylic acid groups (broad SMARTS) is 1. The van der Waals surface area contributed by atoms with Crippen molar-refractivity contribution in [1.82, 2.24) is 0 Å². The predicted octanol–water partition coefficient (Wildman–Crippen LogP) is 0.757. The maximum Gasteiger partial charge on any atom is 0.336 e. The molecule has 1 aromatic rings. The van der Waals surface area contributed by atoms with E-state index in [1.165, 1.54) is 12.1 Å². The lowest BCUT2D eigenvalue weighted by Crippen LogP contribution is -2.05. The summed E-state index contributed by atoms with van der Waals surface area (Å²) < 4.78 is 0. The van der Waals surface area contributed by atoms with Crippen LogP contribution in [0.25, 0.3) is 0 Å². The molecule has 0 fully saturated rings. The molecule has 0 amide bonds. The van der Waals surface area contributed by atoms with Crippen molar-refractivity contribution >= 4 is 5.97 Å². The van der Waals surface area contributed by atoms with Gasteiger partial charge in [-0.3, -0.25) is 0 Å². The van der Waals surface area contributed by atoms with Gasteiger partial charge in [0, 0.05) is 5.56 Å². The normalized spacial score (nSPS) is 11.7. The summed E-state index contributed by atoms with van der Waals surface area (Å²) in [6.45, 7) is 0. The summed E-state index contributed by atoms with van der Waals surface area (Å²) >= 11 is 0. The fourth-order valence-electron chi connectivity index (χ4n) is 1.06. The van der Waals surface area contributed by atoms with Gasteiger partial charge in [0.1, 0.15) is 11.9 Å². The molecule has 4 heteroatoms. The van der Waals surface area contributed by atoms with Gasteiger partial charge in [0.15, 0.2) is 0 Å². The summed E-state index contributed by atoms with van der Waals surface area (Å²) in [5.74, 6) is 0.646. The molecule has 0 heterocycles. The molecule has 0 saturated heterocycles. The number of phenols is 1. The van der Waals surface area contributed by atoms with E-state index in [0.717, 1.165) is 6.07 Å². The van der Waals surface area contributed by atoms with E-state index in [2.05, 4.69) is 0 Å². The number of carbonyl (C=O) groups is 1. The van der Waals surface area contributed by atoms with Crippen LogP contribution in [-0.2, 0) is 0 Å². The highest BCUT2D eigenvalue weighted by atomic mass is 16.4. The van der Waals surface area contributed by atoms with Crippen LogP contribution in [-0.4, -0.2) is 21.3 Å². The summed E-state index contributed by atoms with van der Waals surface area (Å²) in [7, 11) is 0. The number of carboxylic acids is 1. The maximum absolute atomic E-state index is 10.7. The van der Waals surface area contributed by atoms with Crippen LogP contribution in [0, 0.1) is 12.3 Å². The van der Waals surface area contributed by atoms with Crippen LogP contribution in [0.1, 0.15) is 22.0 Å². The minimum absolute atomic E-state index is 0.0139. The van der Waals surface area contributed by atoms with Crippen LogP contribution in [0.2, 0.25) is 0 Å². The number of aliphatic hydroxyl groups excluding tert-OH is 1. The van der Waals surface area contributed by atoms with Crippen molar-refractivity contribution in [2.75, 3.05) is 0 Å². The maximum atomic E-state index is 10.7. The van der Waals surface area contributed by atoms with Crippen molar-refractivity contribution in [2.24, 2.45) is 0 Å². The fourth-order valence-corrected chi connectivity index (χ4v) is 1.06. The molecular weight excluding hydrogens is 184 g/mol. The summed E-state index contributed by atoms with van der Waals surface area (Å²) in [6, 6.07) is 3.54. The van der Waals surface area contributed by atoms with E-state index < -0.39 is 12.1 Å². The quantitative estimate of drug-likeness (QED) is 0.604. The summed E-state index contributed by atoms with van der Waals surface area (Å²) in [6.07, 6.45) is 3.62. The number of phenolic OH excluding ortho intramolecular Hbond substituents is 1. The number of aromatic carboxylic acids is 1. The Morgan fingerprint density at radius 1 is 1.50 bits per heavy atom. The third-order valence-electron chi connectivity index (χ3n) is 1.72. The zero-order valence-electron chi connectivity index (χ0n) is 7.14. The first-order chi connectivity index (χ1) is 6.56. The van der Waals surface area contributed by atoms with E-state index in [4.69, 9.17) is 16.6 Å². The Bertz CT molecular complexity index is 403. The predicted molar refractivity (Wildman–Crippen MR) is 48.9 cm³/mol. The molecule has 3 N–H and O–H groups in total. The lowest BCUT2D eigenvalue weighted by molar-refractivity contribution is 0.0692. The standard InChI is InChI=1S/C10H8O4/c1-2-9(12)8-5-6(11)3-4-7(8)10(13)14/h1,3-5,9,11-12H,(H,13,14). The molecule has 0 aliphatic carbocycles. The number of hydrogen-bond acceptors (Lipinski definition) is 3. The minimum atomic E-state index is -1.33. The Hall–Kier alpha value is -1.99. The Morgan fingerprint density at radius 3 is 2.64 bits per heavy atom. The van der Waals surface area contributed by atoms with Crippen LogP contribution in [0.3, 0.4) is 0 Å². The molecule has 72 valence electrons. The van der Waals surface area contributed by atoms with Crippen molar-refractivity contribution in [3.05, 3.63) is 29.3 Å². The molecule has 0 bridgehead atoms. The lowest BCUT2D eigenvalue weighted by Gasteiger charge is -2.08.